The van der Waals surface area contributed by atoms with Gasteiger partial charge in [0.05, 0.1) is 0 Å². The summed E-state index contributed by atoms with van der Waals surface area (Å²) < 4.78 is 55.5. The molecule has 10 rings (SSSR count). The van der Waals surface area contributed by atoms with Gasteiger partial charge in [0.25, 0.3) is 16.6 Å². The number of hydrogen-bond acceptors (Lipinski definition) is 8. The highest BCUT2D eigenvalue weighted by Crippen LogP contribution is 2.53. The monoisotopic (exact) mass is 1340 g/mol. The first-order valence-corrected chi connectivity index (χ1v) is 38.9. The zero-order chi connectivity index (χ0) is 69.7. The molecule has 0 heterocycles. The molecule has 0 unspecified atom stereocenters. The second-order valence-electron chi connectivity index (χ2n) is 27.6. The molecule has 10 heteroatoms. The Labute approximate surface area is 585 Å². The molecule has 10 aromatic rings. The fraction of sp³-hybridized carbons (Fsp3) is 0.273. The minimum absolute atomic E-state index is 0.268. The Kier molecular flexibility index (Phi) is 23.5. The summed E-state index contributed by atoms with van der Waals surface area (Å²) in [5.74, 6) is 5.89. The lowest BCUT2D eigenvalue weighted by atomic mass is 9.92. The molecule has 0 aliphatic carbocycles. The van der Waals surface area contributed by atoms with Crippen LogP contribution in [0, 0.1) is 0 Å². The maximum atomic E-state index is 7.94. The minimum Gasteiger partial charge on any atom is -0.542 e. The molecule has 0 aliphatic heterocycles. The largest absolute Gasteiger partial charge is 0.542 e. The van der Waals surface area contributed by atoms with E-state index in [2.05, 4.69) is 219 Å². The third kappa shape index (κ3) is 16.7. The van der Waals surface area contributed by atoms with Gasteiger partial charge in [0.1, 0.15) is 85.6 Å². The SMILES string of the molecule is C=Cc1ccc(COc2cc(COc3ccc4c(-c5c(O[Si](C(C)C)(C(C)C)C(C)C)ccc6cc(OCc7cc(OCc8ccc(C=C)cc8)cc(OCc8ccc(C=C)cc8)c7)ccc56)c(O[Si](C(C)C)(C(C)C)C(C)C)ccc4c3)cc(OCc3ccc(C=C)cc3)c2)cc1. The Balaban J connectivity index is 1.04. The minimum atomic E-state index is -2.58. The lowest BCUT2D eigenvalue weighted by molar-refractivity contribution is 0.281. The summed E-state index contributed by atoms with van der Waals surface area (Å²) in [6.07, 6.45) is 7.37. The van der Waals surface area contributed by atoms with Crippen LogP contribution in [0.2, 0.25) is 33.2 Å². The van der Waals surface area contributed by atoms with Crippen molar-refractivity contribution >= 4 is 62.5 Å². The van der Waals surface area contributed by atoms with Gasteiger partial charge in [-0.25, -0.2) is 0 Å². The Morgan fingerprint density at radius 3 is 0.755 bits per heavy atom. The molecule has 0 aliphatic rings. The fourth-order valence-electron chi connectivity index (χ4n) is 14.3. The van der Waals surface area contributed by atoms with E-state index in [1.165, 1.54) is 0 Å². The van der Waals surface area contributed by atoms with E-state index in [-0.39, 0.29) is 13.2 Å². The summed E-state index contributed by atoms with van der Waals surface area (Å²) in [6.45, 7) is 46.0. The van der Waals surface area contributed by atoms with Crippen LogP contribution < -0.4 is 37.3 Å². The van der Waals surface area contributed by atoms with Crippen LogP contribution in [0.5, 0.6) is 46.0 Å². The van der Waals surface area contributed by atoms with Crippen LogP contribution in [0.4, 0.5) is 0 Å². The van der Waals surface area contributed by atoms with Crippen molar-refractivity contribution in [1.82, 2.24) is 0 Å². The highest BCUT2D eigenvalue weighted by Gasteiger charge is 2.49. The lowest BCUT2D eigenvalue weighted by Crippen LogP contribution is -2.51. The quantitative estimate of drug-likeness (QED) is 0.0377. The van der Waals surface area contributed by atoms with Crippen molar-refractivity contribution in [3.63, 3.8) is 0 Å². The number of rotatable bonds is 33. The van der Waals surface area contributed by atoms with Crippen LogP contribution in [0.25, 0.3) is 57.0 Å². The van der Waals surface area contributed by atoms with E-state index in [9.17, 15) is 0 Å². The molecule has 8 nitrogen and oxygen atoms in total. The van der Waals surface area contributed by atoms with E-state index >= 15 is 0 Å². The average Bonchev–Trinajstić information content (AvgIpc) is 0.735. The van der Waals surface area contributed by atoms with Crippen molar-refractivity contribution in [2.45, 2.75) is 156 Å². The Hall–Kier alpha value is -9.49. The van der Waals surface area contributed by atoms with Crippen molar-refractivity contribution in [2.24, 2.45) is 0 Å². The molecule has 0 radical (unpaired) electrons. The fourth-order valence-corrected chi connectivity index (χ4v) is 24.8. The van der Waals surface area contributed by atoms with Gasteiger partial charge in [0.15, 0.2) is 0 Å². The van der Waals surface area contributed by atoms with Crippen molar-refractivity contribution in [1.29, 1.82) is 0 Å². The standard InChI is InChI=1S/C88H98O8Si2/c1-17-65-21-29-69(30-22-65)53-91-79-45-73(46-80(51-79)92-54-70-31-23-66(18-2)24-32-70)57-89-77-39-41-83-75(49-77)37-43-85(95-97(59(5)6,60(7)8)61(9)10)87(83)88-84-42-40-78(50-76(84)38-44-86(88)96-98(62(11)12,63(13)14)64(15)16)90-58-74-47-81(93-55-71-33-25-67(19-3)26-34-71)52-82(48-74)94-56-72-35-27-68(20-4)28-36-72/h17-52,59-64H,1-4,53-58H2,5-16H3. The maximum absolute atomic E-state index is 7.94. The number of ether oxygens (including phenoxy) is 6. The van der Waals surface area contributed by atoms with Gasteiger partial charge in [-0.1, -0.05) is 243 Å². The topological polar surface area (TPSA) is 73.8 Å². The van der Waals surface area contributed by atoms with Crippen LogP contribution >= 0.6 is 0 Å². The van der Waals surface area contributed by atoms with E-state index < -0.39 is 16.6 Å². The number of hydrogen-bond donors (Lipinski definition) is 0. The van der Waals surface area contributed by atoms with Crippen molar-refractivity contribution in [3.8, 4) is 57.1 Å². The zero-order valence-corrected chi connectivity index (χ0v) is 61.6. The van der Waals surface area contributed by atoms with Crippen LogP contribution in [-0.4, -0.2) is 16.6 Å². The van der Waals surface area contributed by atoms with Gasteiger partial charge in [-0.2, -0.15) is 0 Å². The predicted octanol–water partition coefficient (Wildman–Crippen LogP) is 24.8. The first kappa shape index (κ1) is 71.3. The second kappa shape index (κ2) is 32.3. The highest BCUT2D eigenvalue weighted by atomic mass is 28.4. The van der Waals surface area contributed by atoms with Gasteiger partial charge in [-0.3, -0.25) is 0 Å². The summed E-state index contributed by atoms with van der Waals surface area (Å²) in [4.78, 5) is 0. The second-order valence-corrected chi connectivity index (χ2v) is 38.4. The van der Waals surface area contributed by atoms with E-state index in [4.69, 9.17) is 37.3 Å². The lowest BCUT2D eigenvalue weighted by Gasteiger charge is -2.44. The van der Waals surface area contributed by atoms with Gasteiger partial charge in [0, 0.05) is 23.3 Å². The van der Waals surface area contributed by atoms with Crippen LogP contribution in [-0.2, 0) is 39.6 Å². The molecule has 0 amide bonds. The molecule has 98 heavy (non-hydrogen) atoms. The van der Waals surface area contributed by atoms with Gasteiger partial charge in [-0.15, -0.1) is 0 Å². The first-order valence-electron chi connectivity index (χ1n) is 34.6. The molecule has 506 valence electrons. The van der Waals surface area contributed by atoms with Crippen LogP contribution in [0.3, 0.4) is 0 Å². The van der Waals surface area contributed by atoms with Gasteiger partial charge in [0.2, 0.25) is 0 Å². The Morgan fingerprint density at radius 1 is 0.265 bits per heavy atom. The Bertz CT molecular complexity index is 3900. The first-order chi connectivity index (χ1) is 47.2. The Morgan fingerprint density at radius 2 is 0.510 bits per heavy atom. The van der Waals surface area contributed by atoms with Gasteiger partial charge in [-0.05, 0) is 183 Å². The zero-order valence-electron chi connectivity index (χ0n) is 59.6. The molecule has 0 bridgehead atoms. The summed E-state index contributed by atoms with van der Waals surface area (Å²) in [7, 11) is -5.15. The molecule has 10 aromatic carbocycles. The molecule has 0 N–H and O–H groups in total. The van der Waals surface area contributed by atoms with Gasteiger partial charge < -0.3 is 37.3 Å². The van der Waals surface area contributed by atoms with Crippen LogP contribution in [0.15, 0.2) is 220 Å². The molecule has 0 spiro atoms. The van der Waals surface area contributed by atoms with Crippen LogP contribution in [0.1, 0.15) is 139 Å². The summed E-state index contributed by atoms with van der Waals surface area (Å²) in [5, 5.41) is 4.09. The summed E-state index contributed by atoms with van der Waals surface area (Å²) in [5.41, 5.74) is 14.1. The normalized spacial score (nSPS) is 11.8. The molecule has 0 atom stereocenters. The number of fused-ring (bicyclic) bond motifs is 2. The maximum Gasteiger partial charge on any atom is 0.258 e. The summed E-state index contributed by atoms with van der Waals surface area (Å²) >= 11 is 0. The molecular weight excluding hydrogens is 1240 g/mol. The van der Waals surface area contributed by atoms with Gasteiger partial charge >= 0.3 is 0 Å². The molecule has 0 aromatic heterocycles. The predicted molar refractivity (Wildman–Crippen MR) is 415 cm³/mol. The highest BCUT2D eigenvalue weighted by molar-refractivity contribution is 6.79. The molecule has 0 fully saturated rings. The number of benzene rings is 10. The third-order valence-corrected chi connectivity index (χ3v) is 31.3. The smallest absolute Gasteiger partial charge is 0.258 e. The van der Waals surface area contributed by atoms with E-state index in [1.807, 2.05) is 109 Å². The van der Waals surface area contributed by atoms with Crippen molar-refractivity contribution in [3.05, 3.63) is 276 Å². The molecular formula is C88H98O8Si2. The van der Waals surface area contributed by atoms with E-state index in [0.717, 1.165) is 111 Å². The van der Waals surface area contributed by atoms with E-state index in [0.29, 0.717) is 82.7 Å². The third-order valence-electron chi connectivity index (χ3n) is 19.3. The summed E-state index contributed by atoms with van der Waals surface area (Å²) in [6, 6.07) is 66.7. The van der Waals surface area contributed by atoms with Crippen molar-refractivity contribution < 1.29 is 37.3 Å². The average molecular weight is 1340 g/mol. The molecule has 0 saturated heterocycles. The van der Waals surface area contributed by atoms with E-state index in [1.54, 1.807) is 0 Å². The molecule has 0 saturated carbocycles. The van der Waals surface area contributed by atoms with Crippen molar-refractivity contribution in [2.75, 3.05) is 0 Å².